The van der Waals surface area contributed by atoms with Gasteiger partial charge in [-0.2, -0.15) is 0 Å². The Kier molecular flexibility index (Phi) is 4.29. The molecule has 130 valence electrons. The smallest absolute Gasteiger partial charge is 0.316 e. The summed E-state index contributed by atoms with van der Waals surface area (Å²) < 4.78 is 24.5. The van der Waals surface area contributed by atoms with Gasteiger partial charge in [0, 0.05) is 5.56 Å². The second-order valence-electron chi connectivity index (χ2n) is 7.41. The van der Waals surface area contributed by atoms with Crippen LogP contribution >= 0.6 is 0 Å². The van der Waals surface area contributed by atoms with Gasteiger partial charge in [0.2, 0.25) is 0 Å². The van der Waals surface area contributed by atoms with Crippen molar-refractivity contribution in [2.45, 2.75) is 40.2 Å². The minimum atomic E-state index is -1.54. The lowest BCUT2D eigenvalue weighted by molar-refractivity contribution is -0.183. The quantitative estimate of drug-likeness (QED) is 0.793. The van der Waals surface area contributed by atoms with E-state index in [9.17, 15) is 14.0 Å². The summed E-state index contributed by atoms with van der Waals surface area (Å²) >= 11 is 0. The maximum absolute atomic E-state index is 13.8. The summed E-state index contributed by atoms with van der Waals surface area (Å²) in [5, 5.41) is 0. The Hall–Kier alpha value is -2.24. The first-order valence-corrected chi connectivity index (χ1v) is 7.63. The van der Waals surface area contributed by atoms with Crippen molar-refractivity contribution in [2.75, 3.05) is 7.11 Å². The predicted molar refractivity (Wildman–Crippen MR) is 87.6 cm³/mol. The molecule has 0 N–H and O–H groups in total. The molecule has 1 aromatic carbocycles. The summed E-state index contributed by atoms with van der Waals surface area (Å²) in [5.41, 5.74) is -2.86. The van der Waals surface area contributed by atoms with Gasteiger partial charge < -0.3 is 9.47 Å². The Morgan fingerprint density at radius 3 is 2.29 bits per heavy atom. The zero-order valence-corrected chi connectivity index (χ0v) is 14.8. The molecule has 0 aliphatic carbocycles. The number of esters is 2. The molecular weight excluding hydrogens is 313 g/mol. The molecule has 0 amide bonds. The minimum Gasteiger partial charge on any atom is -0.468 e. The van der Waals surface area contributed by atoms with E-state index in [4.69, 9.17) is 9.47 Å². The molecule has 1 aliphatic heterocycles. The van der Waals surface area contributed by atoms with E-state index in [1.54, 1.807) is 34.6 Å². The van der Waals surface area contributed by atoms with Crippen LogP contribution < -0.4 is 0 Å². The molecule has 0 saturated heterocycles. The Bertz CT molecular complexity index is 718. The Labute approximate surface area is 140 Å². The van der Waals surface area contributed by atoms with Crippen molar-refractivity contribution in [1.82, 2.24) is 0 Å². The Morgan fingerprint density at radius 2 is 1.75 bits per heavy atom. The van der Waals surface area contributed by atoms with E-state index in [1.807, 2.05) is 0 Å². The van der Waals surface area contributed by atoms with Gasteiger partial charge in [-0.1, -0.05) is 0 Å². The van der Waals surface area contributed by atoms with Gasteiger partial charge >= 0.3 is 11.9 Å². The fourth-order valence-electron chi connectivity index (χ4n) is 2.56. The molecule has 1 aromatic rings. The summed E-state index contributed by atoms with van der Waals surface area (Å²) in [7, 11) is 1.25. The summed E-state index contributed by atoms with van der Waals surface area (Å²) in [6.45, 7) is 8.27. The highest BCUT2D eigenvalue weighted by Crippen LogP contribution is 2.50. The van der Waals surface area contributed by atoms with Gasteiger partial charge in [0.05, 0.1) is 24.4 Å². The monoisotopic (exact) mass is 335 g/mol. The SMILES string of the molecule is COC(=O)C(C)(C)C1(OC(=O)C(C)(C)C)C=Nc2ccc(F)cc21. The third-order valence-corrected chi connectivity index (χ3v) is 4.23. The number of nitrogens with zero attached hydrogens (tertiary/aromatic N) is 1. The number of methoxy groups -OCH3 is 1. The molecule has 1 heterocycles. The van der Waals surface area contributed by atoms with Gasteiger partial charge in [0.1, 0.15) is 11.2 Å². The molecule has 0 spiro atoms. The van der Waals surface area contributed by atoms with Crippen LogP contribution in [-0.4, -0.2) is 25.3 Å². The van der Waals surface area contributed by atoms with Crippen LogP contribution in [0.15, 0.2) is 23.2 Å². The molecule has 0 radical (unpaired) electrons. The van der Waals surface area contributed by atoms with Gasteiger partial charge in [-0.3, -0.25) is 14.6 Å². The highest BCUT2D eigenvalue weighted by molar-refractivity contribution is 5.94. The van der Waals surface area contributed by atoms with Crippen LogP contribution in [0.25, 0.3) is 0 Å². The Morgan fingerprint density at radius 1 is 1.12 bits per heavy atom. The van der Waals surface area contributed by atoms with Crippen LogP contribution in [0.2, 0.25) is 0 Å². The van der Waals surface area contributed by atoms with Crippen molar-refractivity contribution in [2.24, 2.45) is 15.8 Å². The van der Waals surface area contributed by atoms with E-state index in [1.165, 1.54) is 31.5 Å². The van der Waals surface area contributed by atoms with Crippen LogP contribution in [0.1, 0.15) is 40.2 Å². The number of hydrogen-bond acceptors (Lipinski definition) is 5. The molecule has 6 heteroatoms. The summed E-state index contributed by atoms with van der Waals surface area (Å²) in [6, 6.07) is 3.99. The summed E-state index contributed by atoms with van der Waals surface area (Å²) in [4.78, 5) is 29.2. The first kappa shape index (κ1) is 18.1. The van der Waals surface area contributed by atoms with Gasteiger partial charge in [-0.05, 0) is 52.8 Å². The third kappa shape index (κ3) is 2.70. The molecule has 1 unspecified atom stereocenters. The van der Waals surface area contributed by atoms with Crippen LogP contribution in [0, 0.1) is 16.6 Å². The predicted octanol–water partition coefficient (Wildman–Crippen LogP) is 3.53. The van der Waals surface area contributed by atoms with Crippen molar-refractivity contribution in [3.8, 4) is 0 Å². The fourth-order valence-corrected chi connectivity index (χ4v) is 2.56. The first-order valence-electron chi connectivity index (χ1n) is 7.63. The number of carbonyl (C=O) groups is 2. The number of halogens is 1. The lowest BCUT2D eigenvalue weighted by atomic mass is 9.71. The van der Waals surface area contributed by atoms with E-state index in [0.29, 0.717) is 11.3 Å². The molecule has 0 saturated carbocycles. The standard InChI is InChI=1S/C18H22FNO4/c1-16(2,3)14(21)24-18(17(4,5)15(22)23-6)10-20-13-8-7-11(19)9-12(13)18/h7-10H,1-6H3. The second kappa shape index (κ2) is 5.69. The van der Waals surface area contributed by atoms with Crippen LogP contribution in [0.5, 0.6) is 0 Å². The average Bonchev–Trinajstić information content (AvgIpc) is 2.85. The van der Waals surface area contributed by atoms with Crippen LogP contribution in [-0.2, 0) is 24.7 Å². The van der Waals surface area contributed by atoms with E-state index in [-0.39, 0.29) is 0 Å². The van der Waals surface area contributed by atoms with E-state index in [0.717, 1.165) is 0 Å². The molecular formula is C18H22FNO4. The number of rotatable bonds is 3. The largest absolute Gasteiger partial charge is 0.468 e. The molecule has 1 aliphatic rings. The highest BCUT2D eigenvalue weighted by Gasteiger charge is 2.58. The molecule has 5 nitrogen and oxygen atoms in total. The zero-order chi connectivity index (χ0) is 18.3. The van der Waals surface area contributed by atoms with E-state index in [2.05, 4.69) is 4.99 Å². The van der Waals surface area contributed by atoms with E-state index >= 15 is 0 Å². The zero-order valence-electron chi connectivity index (χ0n) is 14.8. The van der Waals surface area contributed by atoms with Crippen molar-refractivity contribution < 1.29 is 23.5 Å². The number of carbonyl (C=O) groups excluding carboxylic acids is 2. The lowest BCUT2D eigenvalue weighted by Gasteiger charge is -2.41. The van der Waals surface area contributed by atoms with E-state index < -0.39 is 34.2 Å². The lowest BCUT2D eigenvalue weighted by Crippen LogP contribution is -2.52. The number of hydrogen-bond donors (Lipinski definition) is 0. The molecule has 24 heavy (non-hydrogen) atoms. The molecule has 2 rings (SSSR count). The number of ether oxygens (including phenoxy) is 2. The normalized spacial score (nSPS) is 19.8. The van der Waals surface area contributed by atoms with Crippen molar-refractivity contribution in [3.05, 3.63) is 29.6 Å². The highest BCUT2D eigenvalue weighted by atomic mass is 19.1. The molecule has 0 fully saturated rings. The first-order chi connectivity index (χ1) is 11.0. The van der Waals surface area contributed by atoms with Gasteiger partial charge in [0.25, 0.3) is 0 Å². The number of fused-ring (bicyclic) bond motifs is 1. The van der Waals surface area contributed by atoms with Gasteiger partial charge in [-0.25, -0.2) is 4.39 Å². The second-order valence-corrected chi connectivity index (χ2v) is 7.41. The van der Waals surface area contributed by atoms with Gasteiger partial charge in [0.15, 0.2) is 5.60 Å². The number of benzene rings is 1. The summed E-state index contributed by atoms with van der Waals surface area (Å²) in [5.74, 6) is -1.62. The molecule has 0 bridgehead atoms. The average molecular weight is 335 g/mol. The maximum Gasteiger partial charge on any atom is 0.316 e. The van der Waals surface area contributed by atoms with Crippen molar-refractivity contribution in [3.63, 3.8) is 0 Å². The van der Waals surface area contributed by atoms with Crippen LogP contribution in [0.4, 0.5) is 10.1 Å². The van der Waals surface area contributed by atoms with Crippen LogP contribution in [0.3, 0.4) is 0 Å². The third-order valence-electron chi connectivity index (χ3n) is 4.23. The van der Waals surface area contributed by atoms with Crippen molar-refractivity contribution in [1.29, 1.82) is 0 Å². The molecule has 0 aromatic heterocycles. The summed E-state index contributed by atoms with van der Waals surface area (Å²) in [6.07, 6.45) is 1.39. The van der Waals surface area contributed by atoms with Crippen molar-refractivity contribution >= 4 is 23.8 Å². The number of aliphatic imine (C=N–C) groups is 1. The molecule has 1 atom stereocenters. The van der Waals surface area contributed by atoms with Gasteiger partial charge in [-0.15, -0.1) is 0 Å². The minimum absolute atomic E-state index is 0.329. The topological polar surface area (TPSA) is 65.0 Å². The maximum atomic E-state index is 13.8. The Balaban J connectivity index is 2.66. The fraction of sp³-hybridized carbons (Fsp3) is 0.500.